The second-order valence-electron chi connectivity index (χ2n) is 6.15. The normalized spacial score (nSPS) is 20.4. The van der Waals surface area contributed by atoms with E-state index in [2.05, 4.69) is 6.07 Å². The Morgan fingerprint density at radius 1 is 1.24 bits per heavy atom. The zero-order valence-electron chi connectivity index (χ0n) is 13.7. The molecule has 2 aromatic rings. The molecule has 0 aromatic heterocycles. The molecule has 4 nitrogen and oxygen atoms in total. The van der Waals surface area contributed by atoms with Crippen LogP contribution in [0.15, 0.2) is 36.4 Å². The van der Waals surface area contributed by atoms with Crippen LogP contribution in [0.4, 0.5) is 8.78 Å². The van der Waals surface area contributed by atoms with Gasteiger partial charge in [0.1, 0.15) is 11.8 Å². The standard InChI is InChI=1S/C19H18F2N2O2/c1-25-19-6-12(2-3-14(19)9-22)10-23-11-15(24)8-18(23)13-4-5-16(20)17(21)7-13/h2-7,15,18,24H,8,10-11H2,1H3/t15-,18+/m1/s1. The highest BCUT2D eigenvalue weighted by atomic mass is 19.2. The number of likely N-dealkylation sites (tertiary alicyclic amines) is 1. The van der Waals surface area contributed by atoms with Crippen LogP contribution in [0, 0.1) is 23.0 Å². The summed E-state index contributed by atoms with van der Waals surface area (Å²) in [6.45, 7) is 0.939. The molecule has 0 aliphatic carbocycles. The first kappa shape index (κ1) is 17.3. The van der Waals surface area contributed by atoms with Gasteiger partial charge in [0.15, 0.2) is 11.6 Å². The van der Waals surface area contributed by atoms with Crippen molar-refractivity contribution in [3.8, 4) is 11.8 Å². The minimum atomic E-state index is -0.890. The van der Waals surface area contributed by atoms with Crippen LogP contribution in [0.5, 0.6) is 5.75 Å². The summed E-state index contributed by atoms with van der Waals surface area (Å²) in [5.74, 6) is -1.28. The molecule has 1 heterocycles. The van der Waals surface area contributed by atoms with Gasteiger partial charge in [-0.3, -0.25) is 4.90 Å². The number of methoxy groups -OCH3 is 1. The lowest BCUT2D eigenvalue weighted by atomic mass is 10.0. The maximum absolute atomic E-state index is 13.6. The number of ether oxygens (including phenoxy) is 1. The fraction of sp³-hybridized carbons (Fsp3) is 0.316. The molecule has 6 heteroatoms. The van der Waals surface area contributed by atoms with Gasteiger partial charge in [-0.2, -0.15) is 5.26 Å². The summed E-state index contributed by atoms with van der Waals surface area (Å²) in [6, 6.07) is 11.0. The molecular weight excluding hydrogens is 326 g/mol. The molecule has 25 heavy (non-hydrogen) atoms. The Balaban J connectivity index is 1.85. The van der Waals surface area contributed by atoms with Gasteiger partial charge in [0.2, 0.25) is 0 Å². The SMILES string of the molecule is COc1cc(CN2C[C@H](O)C[C@H]2c2ccc(F)c(F)c2)ccc1C#N. The number of nitriles is 1. The summed E-state index contributed by atoms with van der Waals surface area (Å²) in [5, 5.41) is 19.1. The lowest BCUT2D eigenvalue weighted by Crippen LogP contribution is -2.24. The Kier molecular flexibility index (Phi) is 4.98. The molecule has 1 fully saturated rings. The largest absolute Gasteiger partial charge is 0.495 e. The summed E-state index contributed by atoms with van der Waals surface area (Å²) in [5.41, 5.74) is 2.00. The van der Waals surface area contributed by atoms with Crippen LogP contribution < -0.4 is 4.74 Å². The Hall–Kier alpha value is -2.49. The Labute approximate surface area is 144 Å². The third kappa shape index (κ3) is 3.63. The third-order valence-corrected chi connectivity index (χ3v) is 4.48. The van der Waals surface area contributed by atoms with Gasteiger partial charge in [0, 0.05) is 19.1 Å². The molecule has 1 saturated heterocycles. The Bertz CT molecular complexity index is 820. The van der Waals surface area contributed by atoms with Gasteiger partial charge in [0.25, 0.3) is 0 Å². The van der Waals surface area contributed by atoms with E-state index in [1.54, 1.807) is 18.2 Å². The van der Waals surface area contributed by atoms with E-state index in [4.69, 9.17) is 10.00 Å². The number of rotatable bonds is 4. The smallest absolute Gasteiger partial charge is 0.159 e. The summed E-state index contributed by atoms with van der Waals surface area (Å²) < 4.78 is 32.0. The van der Waals surface area contributed by atoms with Gasteiger partial charge < -0.3 is 9.84 Å². The monoisotopic (exact) mass is 344 g/mol. The number of aliphatic hydroxyl groups excluding tert-OH is 1. The molecule has 2 atom stereocenters. The van der Waals surface area contributed by atoms with Crippen LogP contribution in [-0.2, 0) is 6.54 Å². The summed E-state index contributed by atoms with van der Waals surface area (Å²) in [4.78, 5) is 2.01. The highest BCUT2D eigenvalue weighted by molar-refractivity contribution is 5.45. The van der Waals surface area contributed by atoms with E-state index < -0.39 is 17.7 Å². The zero-order chi connectivity index (χ0) is 18.0. The van der Waals surface area contributed by atoms with Crippen molar-refractivity contribution in [2.75, 3.05) is 13.7 Å². The second-order valence-corrected chi connectivity index (χ2v) is 6.15. The average molecular weight is 344 g/mol. The zero-order valence-corrected chi connectivity index (χ0v) is 13.7. The molecule has 0 unspecified atom stereocenters. The molecular formula is C19H18F2N2O2. The molecule has 130 valence electrons. The predicted octanol–water partition coefficient (Wildman–Crippen LogP) is 3.15. The minimum absolute atomic E-state index is 0.202. The van der Waals surface area contributed by atoms with E-state index in [-0.39, 0.29) is 6.04 Å². The lowest BCUT2D eigenvalue weighted by Gasteiger charge is -2.25. The number of halogens is 2. The number of aliphatic hydroxyl groups is 1. The quantitative estimate of drug-likeness (QED) is 0.926. The summed E-state index contributed by atoms with van der Waals surface area (Å²) >= 11 is 0. The molecule has 0 spiro atoms. The Morgan fingerprint density at radius 3 is 2.72 bits per heavy atom. The molecule has 3 rings (SSSR count). The van der Waals surface area contributed by atoms with Gasteiger partial charge in [0.05, 0.1) is 18.8 Å². The van der Waals surface area contributed by atoms with Crippen LogP contribution >= 0.6 is 0 Å². The summed E-state index contributed by atoms with van der Waals surface area (Å²) in [7, 11) is 1.50. The van der Waals surface area contributed by atoms with Crippen molar-refractivity contribution >= 4 is 0 Å². The van der Waals surface area contributed by atoms with Crippen molar-refractivity contribution in [2.24, 2.45) is 0 Å². The van der Waals surface area contributed by atoms with Gasteiger partial charge in [-0.05, 0) is 41.8 Å². The van der Waals surface area contributed by atoms with Crippen LogP contribution in [0.25, 0.3) is 0 Å². The average Bonchev–Trinajstić information content (AvgIpc) is 2.97. The maximum Gasteiger partial charge on any atom is 0.159 e. The molecule has 0 saturated carbocycles. The first-order valence-electron chi connectivity index (χ1n) is 7.96. The van der Waals surface area contributed by atoms with Crippen LogP contribution in [0.3, 0.4) is 0 Å². The van der Waals surface area contributed by atoms with Gasteiger partial charge in [-0.25, -0.2) is 8.78 Å². The van der Waals surface area contributed by atoms with Crippen LogP contribution in [-0.4, -0.2) is 29.8 Å². The third-order valence-electron chi connectivity index (χ3n) is 4.48. The van der Waals surface area contributed by atoms with Crippen molar-refractivity contribution in [1.29, 1.82) is 5.26 Å². The van der Waals surface area contributed by atoms with Crippen LogP contribution in [0.1, 0.15) is 29.2 Å². The van der Waals surface area contributed by atoms with Crippen molar-refractivity contribution < 1.29 is 18.6 Å². The lowest BCUT2D eigenvalue weighted by molar-refractivity contribution is 0.172. The first-order chi connectivity index (χ1) is 12.0. The second kappa shape index (κ2) is 7.18. The number of hydrogen-bond acceptors (Lipinski definition) is 4. The molecule has 2 aromatic carbocycles. The van der Waals surface area contributed by atoms with Crippen LogP contribution in [0.2, 0.25) is 0 Å². The minimum Gasteiger partial charge on any atom is -0.495 e. The van der Waals surface area contributed by atoms with Crippen molar-refractivity contribution in [1.82, 2.24) is 4.90 Å². The fourth-order valence-electron chi connectivity index (χ4n) is 3.28. The number of benzene rings is 2. The predicted molar refractivity (Wildman–Crippen MR) is 87.8 cm³/mol. The number of hydrogen-bond donors (Lipinski definition) is 1. The number of β-amino-alcohol motifs (C(OH)–C–C–N with tert-alkyl or cyclic N) is 1. The maximum atomic E-state index is 13.6. The first-order valence-corrected chi connectivity index (χ1v) is 7.96. The molecule has 0 radical (unpaired) electrons. The molecule has 1 N–H and O–H groups in total. The highest BCUT2D eigenvalue weighted by Crippen LogP contribution is 2.34. The highest BCUT2D eigenvalue weighted by Gasteiger charge is 2.32. The summed E-state index contributed by atoms with van der Waals surface area (Å²) in [6.07, 6.45) is -0.0724. The van der Waals surface area contributed by atoms with Gasteiger partial charge >= 0.3 is 0 Å². The van der Waals surface area contributed by atoms with Gasteiger partial charge in [-0.1, -0.05) is 12.1 Å². The van der Waals surface area contributed by atoms with E-state index in [0.29, 0.717) is 36.4 Å². The number of nitrogens with zero attached hydrogens (tertiary/aromatic N) is 2. The van der Waals surface area contributed by atoms with Crippen molar-refractivity contribution in [3.63, 3.8) is 0 Å². The van der Waals surface area contributed by atoms with E-state index in [1.807, 2.05) is 11.0 Å². The molecule has 1 aliphatic heterocycles. The molecule has 0 bridgehead atoms. The fourth-order valence-corrected chi connectivity index (χ4v) is 3.28. The van der Waals surface area contributed by atoms with Crippen molar-refractivity contribution in [3.05, 3.63) is 64.7 Å². The topological polar surface area (TPSA) is 56.5 Å². The van der Waals surface area contributed by atoms with Crippen molar-refractivity contribution in [2.45, 2.75) is 25.1 Å². The van der Waals surface area contributed by atoms with E-state index in [9.17, 15) is 13.9 Å². The van der Waals surface area contributed by atoms with E-state index >= 15 is 0 Å². The van der Waals surface area contributed by atoms with E-state index in [1.165, 1.54) is 13.2 Å². The molecule has 0 amide bonds. The van der Waals surface area contributed by atoms with E-state index in [0.717, 1.165) is 11.6 Å². The molecule has 1 aliphatic rings. The van der Waals surface area contributed by atoms with Gasteiger partial charge in [-0.15, -0.1) is 0 Å². The Morgan fingerprint density at radius 2 is 2.04 bits per heavy atom.